The Morgan fingerprint density at radius 2 is 1.59 bits per heavy atom. The predicted octanol–water partition coefficient (Wildman–Crippen LogP) is 7.81. The van der Waals surface area contributed by atoms with Crippen molar-refractivity contribution in [3.63, 3.8) is 0 Å². The maximum absolute atomic E-state index is 15.2. The average molecular weight is 365 g/mol. The average Bonchev–Trinajstić information content (AvgIpc) is 2.74. The molecular formula is C26H33F. The fraction of sp³-hybridized carbons (Fsp3) is 0.538. The molecule has 27 heavy (non-hydrogen) atoms. The van der Waals surface area contributed by atoms with Crippen molar-refractivity contribution in [1.29, 1.82) is 0 Å². The first kappa shape index (κ1) is 18.7. The smallest absolute Gasteiger partial charge is 0.134 e. The lowest BCUT2D eigenvalue weighted by Gasteiger charge is -2.37. The van der Waals surface area contributed by atoms with Crippen LogP contribution in [-0.4, -0.2) is 0 Å². The van der Waals surface area contributed by atoms with Crippen LogP contribution in [-0.2, 0) is 6.42 Å². The third-order valence-corrected chi connectivity index (χ3v) is 7.48. The van der Waals surface area contributed by atoms with Gasteiger partial charge in [-0.1, -0.05) is 43.3 Å². The van der Waals surface area contributed by atoms with E-state index in [1.165, 1.54) is 44.1 Å². The summed E-state index contributed by atoms with van der Waals surface area (Å²) < 4.78 is 15.2. The number of aryl methyl sites for hydroxylation is 1. The molecule has 0 nitrogen and oxygen atoms in total. The maximum Gasteiger partial charge on any atom is 0.134 e. The summed E-state index contributed by atoms with van der Waals surface area (Å²) in [6.07, 6.45) is 13.4. The fourth-order valence-corrected chi connectivity index (χ4v) is 5.65. The molecule has 144 valence electrons. The molecule has 0 N–H and O–H groups in total. The molecule has 2 fully saturated rings. The largest absolute Gasteiger partial charge is 0.206 e. The van der Waals surface area contributed by atoms with Gasteiger partial charge in [0, 0.05) is 5.39 Å². The van der Waals surface area contributed by atoms with E-state index < -0.39 is 0 Å². The first-order valence-electron chi connectivity index (χ1n) is 11.0. The second kappa shape index (κ2) is 8.17. The molecule has 0 heterocycles. The van der Waals surface area contributed by atoms with Crippen molar-refractivity contribution >= 4 is 10.8 Å². The van der Waals surface area contributed by atoms with Crippen LogP contribution in [0.1, 0.15) is 75.3 Å². The molecule has 0 unspecified atom stereocenters. The first-order chi connectivity index (χ1) is 13.2. The molecule has 0 spiro atoms. The molecular weight excluding hydrogens is 331 g/mol. The Morgan fingerprint density at radius 1 is 0.926 bits per heavy atom. The SMILES string of the molecule is C=CC1CCC(C2CCC(c3ccc4cc(CC)ccc4c3F)CC2)CC1. The monoisotopic (exact) mass is 364 g/mol. The summed E-state index contributed by atoms with van der Waals surface area (Å²) in [7, 11) is 0. The van der Waals surface area contributed by atoms with Crippen LogP contribution in [0.15, 0.2) is 43.0 Å². The predicted molar refractivity (Wildman–Crippen MR) is 114 cm³/mol. The lowest BCUT2D eigenvalue weighted by Crippen LogP contribution is -2.25. The Labute approximate surface area is 163 Å². The zero-order valence-corrected chi connectivity index (χ0v) is 16.7. The standard InChI is InChI=1S/C26H33F/c1-3-18-5-8-20(9-6-18)21-10-12-22(13-11-21)24-16-14-23-17-19(4-2)7-15-25(23)26(24)27/h3,7,14-18,20-22H,1,4-6,8-13H2,2H3. The van der Waals surface area contributed by atoms with Crippen molar-refractivity contribution in [3.8, 4) is 0 Å². The van der Waals surface area contributed by atoms with E-state index in [4.69, 9.17) is 0 Å². The molecule has 2 aliphatic rings. The van der Waals surface area contributed by atoms with E-state index in [0.717, 1.165) is 53.4 Å². The van der Waals surface area contributed by atoms with Gasteiger partial charge >= 0.3 is 0 Å². The molecule has 2 aromatic carbocycles. The highest BCUT2D eigenvalue weighted by atomic mass is 19.1. The van der Waals surface area contributed by atoms with Gasteiger partial charge in [-0.15, -0.1) is 6.58 Å². The number of fused-ring (bicyclic) bond motifs is 1. The minimum Gasteiger partial charge on any atom is -0.206 e. The summed E-state index contributed by atoms with van der Waals surface area (Å²) in [6, 6.07) is 10.4. The molecule has 0 aromatic heterocycles. The van der Waals surface area contributed by atoms with E-state index in [1.807, 2.05) is 6.07 Å². The van der Waals surface area contributed by atoms with Gasteiger partial charge in [0.05, 0.1) is 0 Å². The van der Waals surface area contributed by atoms with Crippen LogP contribution in [0.4, 0.5) is 4.39 Å². The molecule has 0 amide bonds. The lowest BCUT2D eigenvalue weighted by atomic mass is 9.68. The van der Waals surface area contributed by atoms with Gasteiger partial charge in [-0.25, -0.2) is 4.39 Å². The zero-order valence-electron chi connectivity index (χ0n) is 16.7. The van der Waals surface area contributed by atoms with E-state index in [1.54, 1.807) is 0 Å². The number of benzene rings is 2. The van der Waals surface area contributed by atoms with Crippen LogP contribution in [0.3, 0.4) is 0 Å². The van der Waals surface area contributed by atoms with Gasteiger partial charge < -0.3 is 0 Å². The van der Waals surface area contributed by atoms with Gasteiger partial charge in [0.15, 0.2) is 0 Å². The van der Waals surface area contributed by atoms with Crippen molar-refractivity contribution in [2.75, 3.05) is 0 Å². The third kappa shape index (κ3) is 3.84. The number of rotatable bonds is 4. The Morgan fingerprint density at radius 3 is 2.22 bits per heavy atom. The van der Waals surface area contributed by atoms with Gasteiger partial charge in [0.1, 0.15) is 5.82 Å². The Balaban J connectivity index is 1.43. The van der Waals surface area contributed by atoms with Gasteiger partial charge in [-0.3, -0.25) is 0 Å². The molecule has 2 aromatic rings. The molecule has 0 radical (unpaired) electrons. The van der Waals surface area contributed by atoms with Crippen LogP contribution in [0, 0.1) is 23.6 Å². The quantitative estimate of drug-likeness (QED) is 0.485. The van der Waals surface area contributed by atoms with Crippen molar-refractivity contribution < 1.29 is 4.39 Å². The molecule has 0 bridgehead atoms. The van der Waals surface area contributed by atoms with E-state index in [2.05, 4.69) is 43.8 Å². The summed E-state index contributed by atoms with van der Waals surface area (Å²) in [5.74, 6) is 2.95. The second-order valence-corrected chi connectivity index (χ2v) is 8.90. The van der Waals surface area contributed by atoms with Crippen molar-refractivity contribution in [3.05, 3.63) is 59.9 Å². The Hall–Kier alpha value is -1.63. The minimum absolute atomic E-state index is 0.0325. The number of hydrogen-bond acceptors (Lipinski definition) is 0. The van der Waals surface area contributed by atoms with Crippen molar-refractivity contribution in [2.24, 2.45) is 17.8 Å². The summed E-state index contributed by atoms with van der Waals surface area (Å²) in [5.41, 5.74) is 2.24. The van der Waals surface area contributed by atoms with E-state index >= 15 is 4.39 Å². The van der Waals surface area contributed by atoms with Gasteiger partial charge in [-0.2, -0.15) is 0 Å². The van der Waals surface area contributed by atoms with Crippen LogP contribution in [0.2, 0.25) is 0 Å². The molecule has 1 heteroatoms. The summed E-state index contributed by atoms with van der Waals surface area (Å²) in [5, 5.41) is 1.85. The van der Waals surface area contributed by atoms with E-state index in [0.29, 0.717) is 5.92 Å². The highest BCUT2D eigenvalue weighted by Crippen LogP contribution is 2.45. The Bertz CT molecular complexity index is 789. The van der Waals surface area contributed by atoms with Crippen molar-refractivity contribution in [1.82, 2.24) is 0 Å². The highest BCUT2D eigenvalue weighted by Gasteiger charge is 2.31. The summed E-state index contributed by atoms with van der Waals surface area (Å²) in [6.45, 7) is 6.12. The highest BCUT2D eigenvalue weighted by molar-refractivity contribution is 5.84. The first-order valence-corrected chi connectivity index (χ1v) is 11.0. The van der Waals surface area contributed by atoms with Crippen LogP contribution >= 0.6 is 0 Å². The van der Waals surface area contributed by atoms with E-state index in [-0.39, 0.29) is 5.82 Å². The molecule has 2 aliphatic carbocycles. The minimum atomic E-state index is 0.0325. The van der Waals surface area contributed by atoms with Crippen LogP contribution in [0.5, 0.6) is 0 Å². The molecule has 0 atom stereocenters. The number of allylic oxidation sites excluding steroid dienone is 1. The Kier molecular flexibility index (Phi) is 5.66. The molecule has 0 saturated heterocycles. The fourth-order valence-electron chi connectivity index (χ4n) is 5.65. The summed E-state index contributed by atoms with van der Waals surface area (Å²) in [4.78, 5) is 0. The third-order valence-electron chi connectivity index (χ3n) is 7.48. The topological polar surface area (TPSA) is 0 Å². The summed E-state index contributed by atoms with van der Waals surface area (Å²) >= 11 is 0. The second-order valence-electron chi connectivity index (χ2n) is 8.90. The molecule has 0 aliphatic heterocycles. The van der Waals surface area contributed by atoms with Crippen LogP contribution < -0.4 is 0 Å². The number of halogens is 1. The van der Waals surface area contributed by atoms with Gasteiger partial charge in [-0.05, 0) is 98.0 Å². The van der Waals surface area contributed by atoms with E-state index in [9.17, 15) is 0 Å². The normalized spacial score (nSPS) is 29.0. The molecule has 4 rings (SSSR count). The van der Waals surface area contributed by atoms with Gasteiger partial charge in [0.2, 0.25) is 0 Å². The van der Waals surface area contributed by atoms with Gasteiger partial charge in [0.25, 0.3) is 0 Å². The maximum atomic E-state index is 15.2. The van der Waals surface area contributed by atoms with Crippen LogP contribution in [0.25, 0.3) is 10.8 Å². The molecule has 2 saturated carbocycles. The lowest BCUT2D eigenvalue weighted by molar-refractivity contribution is 0.171. The number of hydrogen-bond donors (Lipinski definition) is 0. The van der Waals surface area contributed by atoms with Crippen molar-refractivity contribution in [2.45, 2.75) is 70.6 Å². The zero-order chi connectivity index (χ0) is 18.8.